The molecular formula is C42H30N2. The van der Waals surface area contributed by atoms with Crippen molar-refractivity contribution >= 4 is 49.2 Å². The average Bonchev–Trinajstić information content (AvgIpc) is 3.62. The van der Waals surface area contributed by atoms with E-state index in [-0.39, 0.29) is 6.04 Å². The number of fused-ring (bicyclic) bond motifs is 7. The first-order chi connectivity index (χ1) is 21.8. The molecule has 8 aromatic rings. The fourth-order valence-electron chi connectivity index (χ4n) is 7.24. The smallest absolute Gasteiger partial charge is 0.0641 e. The van der Waals surface area contributed by atoms with E-state index in [1.807, 2.05) is 0 Å². The van der Waals surface area contributed by atoms with Crippen molar-refractivity contribution in [1.82, 2.24) is 9.13 Å². The van der Waals surface area contributed by atoms with Crippen molar-refractivity contribution < 1.29 is 0 Å². The van der Waals surface area contributed by atoms with E-state index in [2.05, 4.69) is 173 Å². The van der Waals surface area contributed by atoms with E-state index >= 15 is 0 Å². The molecule has 1 aliphatic carbocycles. The quantitative estimate of drug-likeness (QED) is 0.202. The minimum Gasteiger partial charge on any atom is -0.333 e. The number of benzene rings is 6. The summed E-state index contributed by atoms with van der Waals surface area (Å²) in [6, 6.07) is 53.0. The van der Waals surface area contributed by atoms with Gasteiger partial charge in [-0.1, -0.05) is 133 Å². The van der Waals surface area contributed by atoms with Crippen LogP contribution in [-0.4, -0.2) is 9.13 Å². The molecule has 0 aliphatic heterocycles. The number of allylic oxidation sites excluding steroid dienone is 4. The fraction of sp³-hybridized carbons (Fsp3) is 0.0476. The molecule has 1 aliphatic rings. The predicted octanol–water partition coefficient (Wildman–Crippen LogP) is 11.1. The van der Waals surface area contributed by atoms with Gasteiger partial charge in [-0.05, 0) is 59.0 Å². The molecule has 0 spiro atoms. The molecule has 2 nitrogen and oxygen atoms in total. The maximum Gasteiger partial charge on any atom is 0.0641 e. The highest BCUT2D eigenvalue weighted by atomic mass is 15.0. The van der Waals surface area contributed by atoms with Crippen molar-refractivity contribution in [2.45, 2.75) is 12.5 Å². The van der Waals surface area contributed by atoms with Crippen molar-refractivity contribution in [3.05, 3.63) is 169 Å². The topological polar surface area (TPSA) is 9.86 Å². The molecule has 1 unspecified atom stereocenters. The van der Waals surface area contributed by atoms with Crippen LogP contribution in [0.15, 0.2) is 164 Å². The molecular weight excluding hydrogens is 532 g/mol. The largest absolute Gasteiger partial charge is 0.333 e. The summed E-state index contributed by atoms with van der Waals surface area (Å²) in [5.41, 5.74) is 11.2. The third kappa shape index (κ3) is 3.81. The summed E-state index contributed by atoms with van der Waals surface area (Å²) >= 11 is 0. The van der Waals surface area contributed by atoms with Crippen LogP contribution in [0.3, 0.4) is 0 Å². The highest BCUT2D eigenvalue weighted by molar-refractivity contribution is 6.25. The van der Waals surface area contributed by atoms with Gasteiger partial charge in [0.2, 0.25) is 0 Å². The zero-order valence-corrected chi connectivity index (χ0v) is 24.3. The van der Waals surface area contributed by atoms with Gasteiger partial charge in [-0.2, -0.15) is 0 Å². The van der Waals surface area contributed by atoms with E-state index in [0.717, 1.165) is 6.42 Å². The lowest BCUT2D eigenvalue weighted by atomic mass is 9.97. The molecule has 0 fully saturated rings. The minimum atomic E-state index is 0.241. The van der Waals surface area contributed by atoms with Gasteiger partial charge in [0.1, 0.15) is 0 Å². The Morgan fingerprint density at radius 3 is 1.84 bits per heavy atom. The molecule has 0 saturated heterocycles. The molecule has 0 amide bonds. The first-order valence-electron chi connectivity index (χ1n) is 15.4. The Kier molecular flexibility index (Phi) is 5.67. The van der Waals surface area contributed by atoms with E-state index in [0.29, 0.717) is 0 Å². The summed E-state index contributed by atoms with van der Waals surface area (Å²) in [6.07, 6.45) is 8.03. The van der Waals surface area contributed by atoms with Gasteiger partial charge in [0.25, 0.3) is 0 Å². The third-order valence-electron chi connectivity index (χ3n) is 9.26. The summed E-state index contributed by atoms with van der Waals surface area (Å²) in [4.78, 5) is 0. The van der Waals surface area contributed by atoms with Crippen LogP contribution >= 0.6 is 0 Å². The van der Waals surface area contributed by atoms with Crippen LogP contribution in [0, 0.1) is 0 Å². The van der Waals surface area contributed by atoms with Crippen LogP contribution in [0.25, 0.3) is 66.0 Å². The molecule has 44 heavy (non-hydrogen) atoms. The first-order valence-corrected chi connectivity index (χ1v) is 15.4. The molecule has 208 valence electrons. The molecule has 6 aromatic carbocycles. The van der Waals surface area contributed by atoms with Crippen LogP contribution in [0.4, 0.5) is 0 Å². The lowest BCUT2D eigenvalue weighted by Gasteiger charge is -2.21. The Morgan fingerprint density at radius 1 is 0.477 bits per heavy atom. The number of rotatable bonds is 4. The zero-order chi connectivity index (χ0) is 29.0. The van der Waals surface area contributed by atoms with Gasteiger partial charge in [-0.25, -0.2) is 0 Å². The number of nitrogens with zero attached hydrogens (tertiary/aromatic N) is 2. The Balaban J connectivity index is 1.28. The van der Waals surface area contributed by atoms with Gasteiger partial charge < -0.3 is 9.13 Å². The van der Waals surface area contributed by atoms with Crippen molar-refractivity contribution in [3.63, 3.8) is 0 Å². The third-order valence-corrected chi connectivity index (χ3v) is 9.26. The normalized spacial score (nSPS) is 15.0. The Morgan fingerprint density at radius 2 is 1.11 bits per heavy atom. The summed E-state index contributed by atoms with van der Waals surface area (Å²) in [7, 11) is 0. The van der Waals surface area contributed by atoms with Gasteiger partial charge in [-0.15, -0.1) is 0 Å². The first kappa shape index (κ1) is 24.9. The van der Waals surface area contributed by atoms with Crippen molar-refractivity contribution in [3.8, 4) is 16.8 Å². The lowest BCUT2D eigenvalue weighted by Crippen LogP contribution is -2.08. The Hall–Kier alpha value is -5.60. The van der Waals surface area contributed by atoms with Gasteiger partial charge in [0, 0.05) is 32.7 Å². The van der Waals surface area contributed by atoms with Crippen LogP contribution in [0.2, 0.25) is 0 Å². The van der Waals surface area contributed by atoms with Gasteiger partial charge in [-0.3, -0.25) is 0 Å². The van der Waals surface area contributed by atoms with Crippen molar-refractivity contribution in [2.24, 2.45) is 0 Å². The lowest BCUT2D eigenvalue weighted by molar-refractivity contribution is 0.649. The molecule has 0 N–H and O–H groups in total. The minimum absolute atomic E-state index is 0.241. The average molecular weight is 563 g/mol. The summed E-state index contributed by atoms with van der Waals surface area (Å²) in [6.45, 7) is 0. The van der Waals surface area contributed by atoms with Crippen molar-refractivity contribution in [2.75, 3.05) is 0 Å². The molecule has 2 heteroatoms. The number of aromatic nitrogens is 2. The Bertz CT molecular complexity index is 2380. The van der Waals surface area contributed by atoms with Gasteiger partial charge >= 0.3 is 0 Å². The molecule has 1 atom stereocenters. The second-order valence-corrected chi connectivity index (χ2v) is 11.7. The second-order valence-electron chi connectivity index (χ2n) is 11.7. The second kappa shape index (κ2) is 10.00. The van der Waals surface area contributed by atoms with Gasteiger partial charge in [0.15, 0.2) is 0 Å². The molecule has 0 saturated carbocycles. The molecule has 9 rings (SSSR count). The summed E-state index contributed by atoms with van der Waals surface area (Å²) in [5, 5.41) is 5.17. The van der Waals surface area contributed by atoms with E-state index in [4.69, 9.17) is 0 Å². The summed E-state index contributed by atoms with van der Waals surface area (Å²) < 4.78 is 5.03. The van der Waals surface area contributed by atoms with Crippen molar-refractivity contribution in [1.29, 1.82) is 0 Å². The van der Waals surface area contributed by atoms with Crippen LogP contribution < -0.4 is 0 Å². The Labute approximate surface area is 256 Å². The molecule has 2 aromatic heterocycles. The van der Waals surface area contributed by atoms with E-state index < -0.39 is 0 Å². The van der Waals surface area contributed by atoms with E-state index in [9.17, 15) is 0 Å². The number of hydrogen-bond acceptors (Lipinski definition) is 0. The zero-order valence-electron chi connectivity index (χ0n) is 24.3. The van der Waals surface area contributed by atoms with E-state index in [1.165, 1.54) is 71.6 Å². The molecule has 0 bridgehead atoms. The standard InChI is InChI=1S/C42H30N2/c1-3-11-29(12-4-1)31-19-23-33(24-20-31)43-39-18-10-8-16-37(39)41-40(43)28-27-36-35-15-7-9-17-38(35)44(42(36)41)34-25-21-32(22-26-34)30-13-5-2-6-14-30/h1-23,25-28,33H,24H2. The fourth-order valence-corrected chi connectivity index (χ4v) is 7.24. The maximum absolute atomic E-state index is 2.55. The molecule has 2 heterocycles. The van der Waals surface area contributed by atoms with Crippen LogP contribution in [0.5, 0.6) is 0 Å². The van der Waals surface area contributed by atoms with Crippen LogP contribution in [0.1, 0.15) is 18.0 Å². The highest BCUT2D eigenvalue weighted by Gasteiger charge is 2.23. The monoisotopic (exact) mass is 562 g/mol. The highest BCUT2D eigenvalue weighted by Crippen LogP contribution is 2.43. The van der Waals surface area contributed by atoms with Crippen LogP contribution in [-0.2, 0) is 0 Å². The van der Waals surface area contributed by atoms with E-state index in [1.54, 1.807) is 0 Å². The maximum atomic E-state index is 2.55. The molecule has 0 radical (unpaired) electrons. The number of para-hydroxylation sites is 2. The SMILES string of the molecule is C1=CC(n2c3ccccc3c3c4c(ccc32)c2ccccc2n4-c2ccc(-c3ccccc3)cc2)CC=C1c1ccccc1. The number of hydrogen-bond donors (Lipinski definition) is 0. The summed E-state index contributed by atoms with van der Waals surface area (Å²) in [5.74, 6) is 0. The van der Waals surface area contributed by atoms with Gasteiger partial charge in [0.05, 0.1) is 22.6 Å². The predicted molar refractivity (Wildman–Crippen MR) is 186 cm³/mol.